The van der Waals surface area contributed by atoms with Crippen LogP contribution in [-0.4, -0.2) is 16.0 Å². The van der Waals surface area contributed by atoms with Crippen LogP contribution in [0.1, 0.15) is 37.8 Å². The summed E-state index contributed by atoms with van der Waals surface area (Å²) in [6, 6.07) is 16.2. The molecule has 0 fully saturated rings. The molecule has 20 heavy (non-hydrogen) atoms. The van der Waals surface area contributed by atoms with Crippen LogP contribution < -0.4 is 0 Å². The van der Waals surface area contributed by atoms with Crippen molar-refractivity contribution < 1.29 is 10.2 Å². The fraction of sp³-hybridized carbons (Fsp3) is 0.333. The molecule has 0 unspecified atom stereocenters. The van der Waals surface area contributed by atoms with Gasteiger partial charge in [-0.3, -0.25) is 0 Å². The Labute approximate surface area is 120 Å². The normalized spacial score (nSPS) is 11.9. The maximum atomic E-state index is 9.80. The third-order valence-electron chi connectivity index (χ3n) is 3.43. The molecule has 2 nitrogen and oxygen atoms in total. The Bertz CT molecular complexity index is 566. The summed E-state index contributed by atoms with van der Waals surface area (Å²) in [5.41, 5.74) is 4.36. The first kappa shape index (κ1) is 14.8. The molecule has 0 saturated carbocycles. The van der Waals surface area contributed by atoms with Gasteiger partial charge in [-0.25, -0.2) is 0 Å². The number of aliphatic hydroxyl groups is 2. The molecule has 2 aromatic rings. The Morgan fingerprint density at radius 2 is 1.60 bits per heavy atom. The van der Waals surface area contributed by atoms with Gasteiger partial charge in [0.25, 0.3) is 0 Å². The fourth-order valence-electron chi connectivity index (χ4n) is 2.57. The molecule has 0 spiro atoms. The summed E-state index contributed by atoms with van der Waals surface area (Å²) in [6.45, 7) is 5.68. The van der Waals surface area contributed by atoms with Crippen LogP contribution in [0.25, 0.3) is 11.1 Å². The zero-order valence-corrected chi connectivity index (χ0v) is 12.3. The van der Waals surface area contributed by atoms with Gasteiger partial charge in [-0.15, -0.1) is 0 Å². The molecule has 2 aromatic carbocycles. The topological polar surface area (TPSA) is 40.5 Å². The van der Waals surface area contributed by atoms with Crippen LogP contribution in [0, 0.1) is 0 Å². The van der Waals surface area contributed by atoms with E-state index in [1.54, 1.807) is 0 Å². The molecule has 0 saturated heterocycles. The molecule has 0 aromatic heterocycles. The van der Waals surface area contributed by atoms with Crippen molar-refractivity contribution in [2.45, 2.75) is 38.9 Å². The van der Waals surface area contributed by atoms with Gasteiger partial charge in [-0.2, -0.15) is 0 Å². The SMILES string of the molecule is CC(C)c1cccc(-c2ccccc2)c1CC(C)(O)O. The van der Waals surface area contributed by atoms with E-state index in [0.717, 1.165) is 16.7 Å². The van der Waals surface area contributed by atoms with E-state index in [0.29, 0.717) is 5.92 Å². The first-order chi connectivity index (χ1) is 9.38. The average molecular weight is 270 g/mol. The molecule has 0 aliphatic carbocycles. The monoisotopic (exact) mass is 270 g/mol. The van der Waals surface area contributed by atoms with Crippen molar-refractivity contribution >= 4 is 0 Å². The second-order valence-corrected chi connectivity index (χ2v) is 5.79. The van der Waals surface area contributed by atoms with Crippen molar-refractivity contribution in [1.82, 2.24) is 0 Å². The van der Waals surface area contributed by atoms with Gasteiger partial charge in [-0.1, -0.05) is 62.4 Å². The highest BCUT2D eigenvalue weighted by Crippen LogP contribution is 2.32. The summed E-state index contributed by atoms with van der Waals surface area (Å²) >= 11 is 0. The van der Waals surface area contributed by atoms with Gasteiger partial charge in [-0.05, 0) is 35.1 Å². The number of hydrogen-bond donors (Lipinski definition) is 2. The molecule has 2 N–H and O–H groups in total. The number of benzene rings is 2. The van der Waals surface area contributed by atoms with Crippen molar-refractivity contribution in [3.05, 3.63) is 59.7 Å². The first-order valence-corrected chi connectivity index (χ1v) is 7.00. The minimum absolute atomic E-state index is 0.228. The van der Waals surface area contributed by atoms with Gasteiger partial charge in [0.1, 0.15) is 0 Å². The lowest BCUT2D eigenvalue weighted by molar-refractivity contribution is -0.142. The Hall–Kier alpha value is -1.64. The fourth-order valence-corrected chi connectivity index (χ4v) is 2.57. The highest BCUT2D eigenvalue weighted by Gasteiger charge is 2.22. The van der Waals surface area contributed by atoms with E-state index in [2.05, 4.69) is 32.0 Å². The van der Waals surface area contributed by atoms with Crippen LogP contribution in [0.5, 0.6) is 0 Å². The maximum Gasteiger partial charge on any atom is 0.163 e. The van der Waals surface area contributed by atoms with Gasteiger partial charge in [0.2, 0.25) is 0 Å². The predicted molar refractivity (Wildman–Crippen MR) is 82.5 cm³/mol. The summed E-state index contributed by atoms with van der Waals surface area (Å²) in [5, 5.41) is 19.6. The van der Waals surface area contributed by atoms with Crippen LogP contribution in [-0.2, 0) is 6.42 Å². The number of hydrogen-bond acceptors (Lipinski definition) is 2. The zero-order valence-electron chi connectivity index (χ0n) is 12.3. The van der Waals surface area contributed by atoms with E-state index in [1.807, 2.05) is 30.3 Å². The molecule has 2 heteroatoms. The third-order valence-corrected chi connectivity index (χ3v) is 3.43. The van der Waals surface area contributed by atoms with E-state index >= 15 is 0 Å². The van der Waals surface area contributed by atoms with Gasteiger partial charge in [0.15, 0.2) is 5.79 Å². The lowest BCUT2D eigenvalue weighted by Crippen LogP contribution is -2.27. The van der Waals surface area contributed by atoms with E-state index in [4.69, 9.17) is 0 Å². The molecule has 0 radical (unpaired) electrons. The van der Waals surface area contributed by atoms with Gasteiger partial charge >= 0.3 is 0 Å². The molecule has 106 valence electrons. The van der Waals surface area contributed by atoms with Crippen LogP contribution in [0.4, 0.5) is 0 Å². The van der Waals surface area contributed by atoms with Gasteiger partial charge in [0, 0.05) is 6.42 Å². The average Bonchev–Trinajstić information content (AvgIpc) is 2.38. The second-order valence-electron chi connectivity index (χ2n) is 5.79. The van der Waals surface area contributed by atoms with E-state index in [9.17, 15) is 10.2 Å². The highest BCUT2D eigenvalue weighted by atomic mass is 16.5. The van der Waals surface area contributed by atoms with Crippen LogP contribution in [0.15, 0.2) is 48.5 Å². The molecule has 0 amide bonds. The Kier molecular flexibility index (Phi) is 4.26. The first-order valence-electron chi connectivity index (χ1n) is 7.00. The quantitative estimate of drug-likeness (QED) is 0.831. The lowest BCUT2D eigenvalue weighted by atomic mass is 9.87. The molecule has 0 atom stereocenters. The summed E-state index contributed by atoms with van der Waals surface area (Å²) in [6.07, 6.45) is 0.228. The molecule has 2 rings (SSSR count). The lowest BCUT2D eigenvalue weighted by Gasteiger charge is -2.23. The Balaban J connectivity index is 2.59. The molecule has 0 aliphatic heterocycles. The molecule has 0 heterocycles. The van der Waals surface area contributed by atoms with Crippen LogP contribution >= 0.6 is 0 Å². The van der Waals surface area contributed by atoms with Crippen molar-refractivity contribution in [1.29, 1.82) is 0 Å². The van der Waals surface area contributed by atoms with Crippen molar-refractivity contribution in [3.63, 3.8) is 0 Å². The van der Waals surface area contributed by atoms with Crippen molar-refractivity contribution in [2.24, 2.45) is 0 Å². The minimum Gasteiger partial charge on any atom is -0.366 e. The minimum atomic E-state index is -1.70. The molecular weight excluding hydrogens is 248 g/mol. The summed E-state index contributed by atoms with van der Waals surface area (Å²) < 4.78 is 0. The van der Waals surface area contributed by atoms with E-state index < -0.39 is 5.79 Å². The molecule has 0 bridgehead atoms. The predicted octanol–water partition coefficient (Wildman–Crippen LogP) is 3.72. The summed E-state index contributed by atoms with van der Waals surface area (Å²) in [5.74, 6) is -1.36. The number of rotatable bonds is 4. The zero-order chi connectivity index (χ0) is 14.8. The van der Waals surface area contributed by atoms with Crippen molar-refractivity contribution in [2.75, 3.05) is 0 Å². The summed E-state index contributed by atoms with van der Waals surface area (Å²) in [7, 11) is 0. The smallest absolute Gasteiger partial charge is 0.163 e. The second kappa shape index (κ2) is 5.78. The standard InChI is InChI=1S/C18H22O2/c1-13(2)15-10-7-11-16(14-8-5-4-6-9-14)17(15)12-18(3,19)20/h4-11,13,19-20H,12H2,1-3H3. The molecule has 0 aliphatic rings. The maximum absolute atomic E-state index is 9.80. The largest absolute Gasteiger partial charge is 0.366 e. The Morgan fingerprint density at radius 3 is 2.15 bits per heavy atom. The van der Waals surface area contributed by atoms with Gasteiger partial charge < -0.3 is 10.2 Å². The van der Waals surface area contributed by atoms with E-state index in [-0.39, 0.29) is 6.42 Å². The highest BCUT2D eigenvalue weighted by molar-refractivity contribution is 5.69. The van der Waals surface area contributed by atoms with Crippen LogP contribution in [0.3, 0.4) is 0 Å². The summed E-state index contributed by atoms with van der Waals surface area (Å²) in [4.78, 5) is 0. The third kappa shape index (κ3) is 3.47. The van der Waals surface area contributed by atoms with E-state index in [1.165, 1.54) is 12.5 Å². The van der Waals surface area contributed by atoms with Crippen molar-refractivity contribution in [3.8, 4) is 11.1 Å². The van der Waals surface area contributed by atoms with Crippen LogP contribution in [0.2, 0.25) is 0 Å². The van der Waals surface area contributed by atoms with Gasteiger partial charge in [0.05, 0.1) is 0 Å². The molecular formula is C18H22O2. The Morgan fingerprint density at radius 1 is 0.950 bits per heavy atom.